The normalized spacial score (nSPS) is 26.2. The third-order valence-corrected chi connectivity index (χ3v) is 4.76. The lowest BCUT2D eigenvalue weighted by atomic mass is 9.84. The highest BCUT2D eigenvalue weighted by Gasteiger charge is 2.37. The molecule has 1 saturated carbocycles. The molecule has 1 aliphatic rings. The second-order valence-electron chi connectivity index (χ2n) is 6.15. The zero-order valence-electron chi connectivity index (χ0n) is 13.5. The molecular formula is C18H28O3. The quantitative estimate of drug-likeness (QED) is 0.824. The van der Waals surface area contributed by atoms with Gasteiger partial charge in [0.1, 0.15) is 11.5 Å². The minimum Gasteiger partial charge on any atom is -0.496 e. The molecule has 0 aliphatic heterocycles. The van der Waals surface area contributed by atoms with E-state index < -0.39 is 5.60 Å². The van der Waals surface area contributed by atoms with Gasteiger partial charge in [0.15, 0.2) is 0 Å². The van der Waals surface area contributed by atoms with E-state index in [0.29, 0.717) is 0 Å². The maximum absolute atomic E-state index is 11.3. The fourth-order valence-electron chi connectivity index (χ4n) is 3.65. The predicted octanol–water partition coefficient (Wildman–Crippen LogP) is 4.27. The molecule has 2 unspecified atom stereocenters. The molecule has 0 amide bonds. The summed E-state index contributed by atoms with van der Waals surface area (Å²) in [5.41, 5.74) is -0.00684. The fourth-order valence-corrected chi connectivity index (χ4v) is 3.65. The van der Waals surface area contributed by atoms with Crippen LogP contribution in [0.25, 0.3) is 0 Å². The molecule has 118 valence electrons. The Bertz CT molecular complexity index is 436. The van der Waals surface area contributed by atoms with Gasteiger partial charge in [0.25, 0.3) is 0 Å². The monoisotopic (exact) mass is 292 g/mol. The van der Waals surface area contributed by atoms with Gasteiger partial charge >= 0.3 is 0 Å². The van der Waals surface area contributed by atoms with E-state index in [1.165, 1.54) is 19.3 Å². The minimum absolute atomic E-state index is 0.728. The highest BCUT2D eigenvalue weighted by atomic mass is 16.5. The van der Waals surface area contributed by atoms with Crippen LogP contribution in [0.1, 0.15) is 57.4 Å². The number of rotatable bonds is 5. The van der Waals surface area contributed by atoms with E-state index in [2.05, 4.69) is 6.92 Å². The van der Waals surface area contributed by atoms with Crippen molar-refractivity contribution in [2.24, 2.45) is 5.92 Å². The molecular weight excluding hydrogens is 264 g/mol. The highest BCUT2D eigenvalue weighted by molar-refractivity contribution is 5.48. The van der Waals surface area contributed by atoms with Crippen molar-refractivity contribution in [3.8, 4) is 11.5 Å². The summed E-state index contributed by atoms with van der Waals surface area (Å²) in [7, 11) is 3.30. The summed E-state index contributed by atoms with van der Waals surface area (Å²) in [6.45, 7) is 2.24. The molecule has 0 heterocycles. The van der Waals surface area contributed by atoms with Gasteiger partial charge < -0.3 is 14.6 Å². The zero-order chi connectivity index (χ0) is 15.3. The Morgan fingerprint density at radius 1 is 1.14 bits per heavy atom. The summed E-state index contributed by atoms with van der Waals surface area (Å²) in [5, 5.41) is 11.3. The number of benzene rings is 1. The fraction of sp³-hybridized carbons (Fsp3) is 0.667. The molecule has 1 aromatic rings. The highest BCUT2D eigenvalue weighted by Crippen LogP contribution is 2.46. The second kappa shape index (κ2) is 7.17. The van der Waals surface area contributed by atoms with Crippen molar-refractivity contribution in [2.45, 2.75) is 57.5 Å². The molecule has 0 bridgehead atoms. The molecule has 1 aromatic carbocycles. The van der Waals surface area contributed by atoms with Gasteiger partial charge in [0, 0.05) is 0 Å². The van der Waals surface area contributed by atoms with Crippen molar-refractivity contribution in [1.82, 2.24) is 0 Å². The molecule has 2 atom stereocenters. The molecule has 0 saturated heterocycles. The van der Waals surface area contributed by atoms with Crippen LogP contribution in [-0.4, -0.2) is 19.3 Å². The summed E-state index contributed by atoms with van der Waals surface area (Å²) in [5.74, 6) is 2.20. The Kier molecular flexibility index (Phi) is 5.51. The summed E-state index contributed by atoms with van der Waals surface area (Å²) < 4.78 is 11.0. The van der Waals surface area contributed by atoms with Gasteiger partial charge in [0.05, 0.1) is 25.4 Å². The van der Waals surface area contributed by atoms with E-state index in [0.717, 1.165) is 48.7 Å². The van der Waals surface area contributed by atoms with Crippen LogP contribution in [0, 0.1) is 5.92 Å². The lowest BCUT2D eigenvalue weighted by Crippen LogP contribution is -2.26. The summed E-state index contributed by atoms with van der Waals surface area (Å²) >= 11 is 0. The van der Waals surface area contributed by atoms with Gasteiger partial charge in [-0.25, -0.2) is 0 Å². The Balaban J connectivity index is 2.31. The number of hydrogen-bond donors (Lipinski definition) is 1. The van der Waals surface area contributed by atoms with Crippen LogP contribution in [0.2, 0.25) is 0 Å². The molecule has 0 radical (unpaired) electrons. The van der Waals surface area contributed by atoms with Crippen LogP contribution < -0.4 is 9.47 Å². The van der Waals surface area contributed by atoms with Crippen LogP contribution in [0.15, 0.2) is 18.2 Å². The van der Waals surface area contributed by atoms with Crippen LogP contribution in [0.3, 0.4) is 0 Å². The van der Waals surface area contributed by atoms with E-state index in [9.17, 15) is 5.11 Å². The van der Waals surface area contributed by atoms with E-state index in [1.807, 2.05) is 18.2 Å². The SMILES string of the molecule is CCCC1CCCC(O)(c2c(OC)cccc2OC)CC1. The average Bonchev–Trinajstić information content (AvgIpc) is 2.69. The third-order valence-electron chi connectivity index (χ3n) is 4.76. The Morgan fingerprint density at radius 3 is 2.38 bits per heavy atom. The standard InChI is InChI=1S/C18H28O3/c1-4-7-14-8-6-12-18(19,13-11-14)17-15(20-2)9-5-10-16(17)21-3/h5,9-10,14,19H,4,6-8,11-13H2,1-3H3. The number of aliphatic hydroxyl groups is 1. The molecule has 2 rings (SSSR count). The molecule has 0 spiro atoms. The minimum atomic E-state index is -0.833. The first kappa shape index (κ1) is 16.2. The van der Waals surface area contributed by atoms with E-state index in [-0.39, 0.29) is 0 Å². The maximum atomic E-state index is 11.3. The van der Waals surface area contributed by atoms with Crippen LogP contribution in [-0.2, 0) is 5.60 Å². The van der Waals surface area contributed by atoms with E-state index in [1.54, 1.807) is 14.2 Å². The summed E-state index contributed by atoms with van der Waals surface area (Å²) in [6, 6.07) is 5.72. The van der Waals surface area contributed by atoms with Crippen molar-refractivity contribution < 1.29 is 14.6 Å². The van der Waals surface area contributed by atoms with Gasteiger partial charge in [0.2, 0.25) is 0 Å². The third kappa shape index (κ3) is 3.52. The van der Waals surface area contributed by atoms with Gasteiger partial charge in [-0.05, 0) is 43.7 Å². The van der Waals surface area contributed by atoms with Crippen molar-refractivity contribution in [1.29, 1.82) is 0 Å². The number of hydrogen-bond acceptors (Lipinski definition) is 3. The molecule has 1 fully saturated rings. The van der Waals surface area contributed by atoms with Gasteiger partial charge in [-0.2, -0.15) is 0 Å². The lowest BCUT2D eigenvalue weighted by molar-refractivity contribution is 0.0151. The van der Waals surface area contributed by atoms with Crippen molar-refractivity contribution in [3.63, 3.8) is 0 Å². The van der Waals surface area contributed by atoms with Crippen molar-refractivity contribution in [2.75, 3.05) is 14.2 Å². The van der Waals surface area contributed by atoms with Crippen LogP contribution in [0.4, 0.5) is 0 Å². The molecule has 3 heteroatoms. The average molecular weight is 292 g/mol. The molecule has 3 nitrogen and oxygen atoms in total. The number of ether oxygens (including phenoxy) is 2. The molecule has 1 N–H and O–H groups in total. The zero-order valence-corrected chi connectivity index (χ0v) is 13.5. The van der Waals surface area contributed by atoms with E-state index in [4.69, 9.17) is 9.47 Å². The molecule has 0 aromatic heterocycles. The number of methoxy groups -OCH3 is 2. The van der Waals surface area contributed by atoms with E-state index >= 15 is 0 Å². The van der Waals surface area contributed by atoms with Crippen LogP contribution in [0.5, 0.6) is 11.5 Å². The van der Waals surface area contributed by atoms with Crippen LogP contribution >= 0.6 is 0 Å². The van der Waals surface area contributed by atoms with Crippen molar-refractivity contribution >= 4 is 0 Å². The van der Waals surface area contributed by atoms with Gasteiger partial charge in [-0.3, -0.25) is 0 Å². The lowest BCUT2D eigenvalue weighted by Gasteiger charge is -2.30. The molecule has 1 aliphatic carbocycles. The van der Waals surface area contributed by atoms with Gasteiger partial charge in [-0.1, -0.05) is 32.3 Å². The summed E-state index contributed by atoms with van der Waals surface area (Å²) in [6.07, 6.45) is 7.40. The Morgan fingerprint density at radius 2 is 1.81 bits per heavy atom. The summed E-state index contributed by atoms with van der Waals surface area (Å²) in [4.78, 5) is 0. The Hall–Kier alpha value is -1.22. The topological polar surface area (TPSA) is 38.7 Å². The first-order valence-corrected chi connectivity index (χ1v) is 8.08. The molecule has 21 heavy (non-hydrogen) atoms. The Labute approximate surface area is 128 Å². The van der Waals surface area contributed by atoms with Gasteiger partial charge in [-0.15, -0.1) is 0 Å². The smallest absolute Gasteiger partial charge is 0.128 e. The first-order chi connectivity index (χ1) is 10.1. The first-order valence-electron chi connectivity index (χ1n) is 8.08. The largest absolute Gasteiger partial charge is 0.496 e. The maximum Gasteiger partial charge on any atom is 0.128 e. The van der Waals surface area contributed by atoms with Crippen molar-refractivity contribution in [3.05, 3.63) is 23.8 Å². The predicted molar refractivity (Wildman–Crippen MR) is 84.9 cm³/mol. The second-order valence-corrected chi connectivity index (χ2v) is 6.15.